The summed E-state index contributed by atoms with van der Waals surface area (Å²) in [7, 11) is -3.33. The van der Waals surface area contributed by atoms with Crippen LogP contribution < -0.4 is 4.74 Å². The van der Waals surface area contributed by atoms with Crippen molar-refractivity contribution in [3.8, 4) is 5.75 Å². The lowest BCUT2D eigenvalue weighted by atomic mass is 10.1. The number of hydrogen-bond donors (Lipinski definition) is 0. The fourth-order valence-corrected chi connectivity index (χ4v) is 4.45. The monoisotopic (exact) mass is 346 g/mol. The molecule has 1 atom stereocenters. The van der Waals surface area contributed by atoms with Crippen LogP contribution in [-0.4, -0.2) is 36.9 Å². The first-order chi connectivity index (χ1) is 11.5. The molecule has 24 heavy (non-hydrogen) atoms. The van der Waals surface area contributed by atoms with Gasteiger partial charge in [0.2, 0.25) is 10.0 Å². The molecule has 0 bridgehead atoms. The largest absolute Gasteiger partial charge is 0.489 e. The summed E-state index contributed by atoms with van der Waals surface area (Å²) in [6.07, 6.45) is 4.89. The van der Waals surface area contributed by atoms with Gasteiger partial charge in [-0.2, -0.15) is 4.31 Å². The molecule has 1 aliphatic rings. The number of sulfonamides is 1. The van der Waals surface area contributed by atoms with Gasteiger partial charge in [0.1, 0.15) is 11.9 Å². The number of pyridine rings is 1. The molecule has 5 nitrogen and oxygen atoms in total. The number of benzene rings is 1. The Morgan fingerprint density at radius 2 is 1.88 bits per heavy atom. The molecule has 2 heterocycles. The van der Waals surface area contributed by atoms with E-state index in [4.69, 9.17) is 4.74 Å². The van der Waals surface area contributed by atoms with Gasteiger partial charge in [0.05, 0.1) is 12.3 Å². The van der Waals surface area contributed by atoms with Gasteiger partial charge in [-0.1, -0.05) is 29.8 Å². The second kappa shape index (κ2) is 7.32. The predicted octanol–water partition coefficient (Wildman–Crippen LogP) is 2.76. The van der Waals surface area contributed by atoms with Crippen LogP contribution in [0, 0.1) is 6.92 Å². The number of aryl methyl sites for hydroxylation is 1. The lowest BCUT2D eigenvalue weighted by Crippen LogP contribution is -2.44. The van der Waals surface area contributed by atoms with E-state index in [0.717, 1.165) is 29.7 Å². The highest BCUT2D eigenvalue weighted by Gasteiger charge is 2.30. The van der Waals surface area contributed by atoms with Crippen LogP contribution in [0.5, 0.6) is 5.75 Å². The Labute approximate surface area is 143 Å². The Morgan fingerprint density at radius 3 is 2.58 bits per heavy atom. The maximum atomic E-state index is 12.7. The van der Waals surface area contributed by atoms with Crippen molar-refractivity contribution in [3.63, 3.8) is 0 Å². The topological polar surface area (TPSA) is 59.5 Å². The molecular formula is C18H22N2O3S. The fraction of sp³-hybridized carbons (Fsp3) is 0.389. The van der Waals surface area contributed by atoms with Gasteiger partial charge in [-0.25, -0.2) is 8.42 Å². The quantitative estimate of drug-likeness (QED) is 0.835. The standard InChI is InChI=1S/C18H22N2O3S/c1-15-4-6-16(7-5-15)14-24(21,22)20-12-2-3-18(13-20)23-17-8-10-19-11-9-17/h4-11,18H,2-3,12-14H2,1H3. The van der Waals surface area contributed by atoms with E-state index in [-0.39, 0.29) is 11.9 Å². The van der Waals surface area contributed by atoms with Gasteiger partial charge < -0.3 is 4.74 Å². The molecule has 1 aliphatic heterocycles. The highest BCUT2D eigenvalue weighted by atomic mass is 32.2. The number of rotatable bonds is 5. The van der Waals surface area contributed by atoms with Gasteiger partial charge in [0.25, 0.3) is 0 Å². The molecule has 0 N–H and O–H groups in total. The number of ether oxygens (including phenoxy) is 1. The van der Waals surface area contributed by atoms with Gasteiger partial charge in [0, 0.05) is 18.9 Å². The molecule has 0 radical (unpaired) electrons. The van der Waals surface area contributed by atoms with E-state index in [1.54, 1.807) is 28.8 Å². The van der Waals surface area contributed by atoms with Crippen LogP contribution in [-0.2, 0) is 15.8 Å². The molecule has 3 rings (SSSR count). The lowest BCUT2D eigenvalue weighted by molar-refractivity contribution is 0.129. The van der Waals surface area contributed by atoms with Gasteiger partial charge in [-0.15, -0.1) is 0 Å². The minimum atomic E-state index is -3.33. The van der Waals surface area contributed by atoms with E-state index in [9.17, 15) is 8.42 Å². The smallest absolute Gasteiger partial charge is 0.218 e. The average molecular weight is 346 g/mol. The zero-order valence-electron chi connectivity index (χ0n) is 13.8. The Morgan fingerprint density at radius 1 is 1.17 bits per heavy atom. The molecule has 1 aromatic carbocycles. The third-order valence-corrected chi connectivity index (χ3v) is 5.97. The predicted molar refractivity (Wildman–Crippen MR) is 93.3 cm³/mol. The molecular weight excluding hydrogens is 324 g/mol. The van der Waals surface area contributed by atoms with Crippen molar-refractivity contribution in [3.05, 3.63) is 59.9 Å². The molecule has 6 heteroatoms. The van der Waals surface area contributed by atoms with Crippen LogP contribution in [0.1, 0.15) is 24.0 Å². The summed E-state index contributed by atoms with van der Waals surface area (Å²) < 4.78 is 32.9. The van der Waals surface area contributed by atoms with Crippen molar-refractivity contribution in [1.82, 2.24) is 9.29 Å². The lowest BCUT2D eigenvalue weighted by Gasteiger charge is -2.32. The first-order valence-corrected chi connectivity index (χ1v) is 9.74. The first-order valence-electron chi connectivity index (χ1n) is 8.13. The highest BCUT2D eigenvalue weighted by molar-refractivity contribution is 7.88. The molecule has 1 aromatic heterocycles. The van der Waals surface area contributed by atoms with Gasteiger partial charge >= 0.3 is 0 Å². The third-order valence-electron chi connectivity index (χ3n) is 4.16. The summed E-state index contributed by atoms with van der Waals surface area (Å²) in [4.78, 5) is 3.96. The number of aromatic nitrogens is 1. The molecule has 1 unspecified atom stereocenters. The van der Waals surface area contributed by atoms with Crippen molar-refractivity contribution in [2.75, 3.05) is 13.1 Å². The number of nitrogens with zero attached hydrogens (tertiary/aromatic N) is 2. The molecule has 0 aliphatic carbocycles. The second-order valence-corrected chi connectivity index (χ2v) is 8.13. The molecule has 0 saturated carbocycles. The molecule has 0 spiro atoms. The molecule has 128 valence electrons. The van der Waals surface area contributed by atoms with Crippen molar-refractivity contribution in [2.24, 2.45) is 0 Å². The highest BCUT2D eigenvalue weighted by Crippen LogP contribution is 2.21. The summed E-state index contributed by atoms with van der Waals surface area (Å²) >= 11 is 0. The van der Waals surface area contributed by atoms with Gasteiger partial charge in [0.15, 0.2) is 0 Å². The van der Waals surface area contributed by atoms with E-state index in [1.807, 2.05) is 31.2 Å². The van der Waals surface area contributed by atoms with E-state index in [1.165, 1.54) is 0 Å². The van der Waals surface area contributed by atoms with Crippen molar-refractivity contribution in [2.45, 2.75) is 31.6 Å². The van der Waals surface area contributed by atoms with Crippen LogP contribution in [0.4, 0.5) is 0 Å². The third kappa shape index (κ3) is 4.33. The van der Waals surface area contributed by atoms with Crippen molar-refractivity contribution < 1.29 is 13.2 Å². The van der Waals surface area contributed by atoms with Crippen LogP contribution in [0.25, 0.3) is 0 Å². The van der Waals surface area contributed by atoms with E-state index in [2.05, 4.69) is 4.98 Å². The summed E-state index contributed by atoms with van der Waals surface area (Å²) in [6.45, 7) is 2.95. The summed E-state index contributed by atoms with van der Waals surface area (Å²) in [5.41, 5.74) is 1.94. The zero-order valence-corrected chi connectivity index (χ0v) is 14.6. The Kier molecular flexibility index (Phi) is 5.16. The summed E-state index contributed by atoms with van der Waals surface area (Å²) in [6, 6.07) is 11.2. The maximum absolute atomic E-state index is 12.7. The van der Waals surface area contributed by atoms with Crippen LogP contribution >= 0.6 is 0 Å². The average Bonchev–Trinajstić information content (AvgIpc) is 2.58. The Bertz CT molecular complexity index is 761. The normalized spacial score (nSPS) is 19.1. The van der Waals surface area contributed by atoms with Gasteiger partial charge in [-0.3, -0.25) is 4.98 Å². The molecule has 1 fully saturated rings. The number of hydrogen-bond acceptors (Lipinski definition) is 4. The first kappa shape index (κ1) is 16.9. The Balaban J connectivity index is 1.65. The van der Waals surface area contributed by atoms with Crippen molar-refractivity contribution >= 4 is 10.0 Å². The number of piperidine rings is 1. The molecule has 0 amide bonds. The SMILES string of the molecule is Cc1ccc(CS(=O)(=O)N2CCCC(Oc3ccncc3)C2)cc1. The van der Waals surface area contributed by atoms with Crippen molar-refractivity contribution in [1.29, 1.82) is 0 Å². The van der Waals surface area contributed by atoms with E-state index < -0.39 is 10.0 Å². The van der Waals surface area contributed by atoms with E-state index in [0.29, 0.717) is 13.1 Å². The van der Waals surface area contributed by atoms with E-state index >= 15 is 0 Å². The molecule has 1 saturated heterocycles. The fourth-order valence-electron chi connectivity index (χ4n) is 2.85. The summed E-state index contributed by atoms with van der Waals surface area (Å²) in [5.74, 6) is 0.766. The Hall–Kier alpha value is -1.92. The zero-order chi connectivity index (χ0) is 17.0. The van der Waals surface area contributed by atoms with Crippen LogP contribution in [0.2, 0.25) is 0 Å². The maximum Gasteiger partial charge on any atom is 0.218 e. The molecule has 2 aromatic rings. The minimum absolute atomic E-state index is 0.0370. The van der Waals surface area contributed by atoms with Gasteiger partial charge in [-0.05, 0) is 37.5 Å². The van der Waals surface area contributed by atoms with Crippen LogP contribution in [0.3, 0.4) is 0 Å². The minimum Gasteiger partial charge on any atom is -0.489 e. The summed E-state index contributed by atoms with van der Waals surface area (Å²) in [5, 5.41) is 0. The second-order valence-electron chi connectivity index (χ2n) is 6.16. The van der Waals surface area contributed by atoms with Crippen LogP contribution in [0.15, 0.2) is 48.8 Å².